The summed E-state index contributed by atoms with van der Waals surface area (Å²) in [5.74, 6) is 0. The molecule has 0 fully saturated rings. The molecule has 3 aromatic carbocycles. The van der Waals surface area contributed by atoms with Crippen LogP contribution in [-0.4, -0.2) is 5.11 Å². The third kappa shape index (κ3) is 4.87. The molecule has 0 atom stereocenters. The summed E-state index contributed by atoms with van der Waals surface area (Å²) in [7, 11) is 0. The molecule has 0 amide bonds. The minimum atomic E-state index is 0.0916. The molecule has 27 heavy (non-hydrogen) atoms. The number of aliphatic hydroxyl groups excluding tert-OH is 1. The van der Waals surface area contributed by atoms with Crippen LogP contribution in [0, 0.1) is 0 Å². The molecule has 0 radical (unpaired) electrons. The number of hydrogen-bond donors (Lipinski definition) is 1. The highest BCUT2D eigenvalue weighted by molar-refractivity contribution is 5.74. The van der Waals surface area contributed by atoms with Crippen molar-refractivity contribution in [2.45, 2.75) is 52.6 Å². The van der Waals surface area contributed by atoms with Crippen molar-refractivity contribution < 1.29 is 5.11 Å². The smallest absolute Gasteiger partial charge is 0.0681 e. The van der Waals surface area contributed by atoms with Gasteiger partial charge in [0.15, 0.2) is 0 Å². The van der Waals surface area contributed by atoms with Crippen molar-refractivity contribution >= 4 is 0 Å². The van der Waals surface area contributed by atoms with Crippen LogP contribution in [0.15, 0.2) is 66.7 Å². The quantitative estimate of drug-likeness (QED) is 0.439. The van der Waals surface area contributed by atoms with Gasteiger partial charge in [0.25, 0.3) is 0 Å². The van der Waals surface area contributed by atoms with Crippen LogP contribution in [-0.2, 0) is 19.4 Å². The fourth-order valence-electron chi connectivity index (χ4n) is 3.58. The predicted molar refractivity (Wildman–Crippen MR) is 116 cm³/mol. The third-order valence-corrected chi connectivity index (χ3v) is 5.29. The first-order valence-electron chi connectivity index (χ1n) is 10.2. The number of aryl methyl sites for hydroxylation is 2. The Hall–Kier alpha value is -2.38. The zero-order valence-corrected chi connectivity index (χ0v) is 16.5. The fraction of sp³-hybridized carbons (Fsp3) is 0.308. The highest BCUT2D eigenvalue weighted by Crippen LogP contribution is 2.30. The van der Waals surface area contributed by atoms with Crippen LogP contribution in [0.2, 0.25) is 0 Å². The third-order valence-electron chi connectivity index (χ3n) is 5.29. The number of aliphatic hydroxyl groups is 1. The number of benzene rings is 3. The van der Waals surface area contributed by atoms with Gasteiger partial charge >= 0.3 is 0 Å². The van der Waals surface area contributed by atoms with E-state index in [-0.39, 0.29) is 6.61 Å². The maximum Gasteiger partial charge on any atom is 0.0681 e. The lowest BCUT2D eigenvalue weighted by Gasteiger charge is -2.12. The molecule has 0 aliphatic rings. The molecule has 0 aliphatic carbocycles. The minimum Gasteiger partial charge on any atom is -0.392 e. The standard InChI is InChI=1S/C26H30O/c1-3-5-6-7-20-8-12-23(13-9-20)25-16-17-26(22(4-2)18-25)24-14-10-21(19-27)11-15-24/h8-18,27H,3-7,19H2,1-2H3. The highest BCUT2D eigenvalue weighted by Gasteiger charge is 2.07. The van der Waals surface area contributed by atoms with Crippen LogP contribution < -0.4 is 0 Å². The van der Waals surface area contributed by atoms with Crippen molar-refractivity contribution in [2.75, 3.05) is 0 Å². The van der Waals surface area contributed by atoms with E-state index in [1.165, 1.54) is 59.1 Å². The first-order valence-corrected chi connectivity index (χ1v) is 10.2. The van der Waals surface area contributed by atoms with Crippen molar-refractivity contribution in [3.8, 4) is 22.3 Å². The topological polar surface area (TPSA) is 20.2 Å². The molecule has 0 aliphatic heterocycles. The van der Waals surface area contributed by atoms with Gasteiger partial charge in [-0.05, 0) is 58.2 Å². The molecule has 3 aromatic rings. The van der Waals surface area contributed by atoms with Gasteiger partial charge in [0.05, 0.1) is 6.61 Å². The van der Waals surface area contributed by atoms with E-state index < -0.39 is 0 Å². The largest absolute Gasteiger partial charge is 0.392 e. The van der Waals surface area contributed by atoms with Crippen molar-refractivity contribution in [3.63, 3.8) is 0 Å². The molecule has 0 aromatic heterocycles. The molecular formula is C26H30O. The normalized spacial score (nSPS) is 10.9. The van der Waals surface area contributed by atoms with Crippen LogP contribution in [0.5, 0.6) is 0 Å². The van der Waals surface area contributed by atoms with Crippen molar-refractivity contribution in [2.24, 2.45) is 0 Å². The van der Waals surface area contributed by atoms with Crippen LogP contribution >= 0.6 is 0 Å². The van der Waals surface area contributed by atoms with Gasteiger partial charge in [0.1, 0.15) is 0 Å². The van der Waals surface area contributed by atoms with Crippen LogP contribution in [0.25, 0.3) is 22.3 Å². The summed E-state index contributed by atoms with van der Waals surface area (Å²) in [4.78, 5) is 0. The summed E-state index contributed by atoms with van der Waals surface area (Å²) < 4.78 is 0. The van der Waals surface area contributed by atoms with Gasteiger partial charge < -0.3 is 5.11 Å². The van der Waals surface area contributed by atoms with Gasteiger partial charge in [0, 0.05) is 0 Å². The summed E-state index contributed by atoms with van der Waals surface area (Å²) in [5, 5.41) is 9.24. The lowest BCUT2D eigenvalue weighted by Crippen LogP contribution is -1.91. The van der Waals surface area contributed by atoms with E-state index in [1.54, 1.807) is 0 Å². The SMILES string of the molecule is CCCCCc1ccc(-c2ccc(-c3ccc(CO)cc3)c(CC)c2)cc1. The summed E-state index contributed by atoms with van der Waals surface area (Å²) >= 11 is 0. The number of hydrogen-bond acceptors (Lipinski definition) is 1. The molecule has 0 unspecified atom stereocenters. The number of unbranched alkanes of at least 4 members (excludes halogenated alkanes) is 2. The molecule has 0 heterocycles. The van der Waals surface area contributed by atoms with E-state index in [0.717, 1.165) is 12.0 Å². The van der Waals surface area contributed by atoms with Crippen LogP contribution in [0.3, 0.4) is 0 Å². The summed E-state index contributed by atoms with van der Waals surface area (Å²) in [6, 6.07) is 24.0. The predicted octanol–water partition coefficient (Wildman–Crippen LogP) is 6.81. The summed E-state index contributed by atoms with van der Waals surface area (Å²) in [6.45, 7) is 4.55. The Morgan fingerprint density at radius 1 is 0.667 bits per heavy atom. The van der Waals surface area contributed by atoms with Crippen LogP contribution in [0.1, 0.15) is 49.8 Å². The number of rotatable bonds is 8. The Balaban J connectivity index is 1.82. The fourth-order valence-corrected chi connectivity index (χ4v) is 3.58. The Kier molecular flexibility index (Phi) is 6.84. The van der Waals surface area contributed by atoms with Gasteiger partial charge in [-0.3, -0.25) is 0 Å². The van der Waals surface area contributed by atoms with E-state index in [0.29, 0.717) is 0 Å². The highest BCUT2D eigenvalue weighted by atomic mass is 16.3. The Bertz CT molecular complexity index is 844. The van der Waals surface area contributed by atoms with Crippen molar-refractivity contribution in [1.82, 2.24) is 0 Å². The molecule has 0 saturated heterocycles. The molecule has 3 rings (SSSR count). The maximum absolute atomic E-state index is 9.24. The second kappa shape index (κ2) is 9.53. The Labute approximate surface area is 163 Å². The lowest BCUT2D eigenvalue weighted by molar-refractivity contribution is 0.282. The van der Waals surface area contributed by atoms with Crippen molar-refractivity contribution in [3.05, 3.63) is 83.4 Å². The summed E-state index contributed by atoms with van der Waals surface area (Å²) in [5.41, 5.74) is 8.80. The zero-order valence-electron chi connectivity index (χ0n) is 16.5. The van der Waals surface area contributed by atoms with E-state index in [9.17, 15) is 5.11 Å². The summed E-state index contributed by atoms with van der Waals surface area (Å²) in [6.07, 6.45) is 6.03. The van der Waals surface area contributed by atoms with Gasteiger partial charge in [-0.25, -0.2) is 0 Å². The molecule has 0 spiro atoms. The maximum atomic E-state index is 9.24. The molecule has 0 saturated carbocycles. The molecule has 1 heteroatoms. The lowest BCUT2D eigenvalue weighted by atomic mass is 9.93. The van der Waals surface area contributed by atoms with Crippen LogP contribution in [0.4, 0.5) is 0 Å². The van der Waals surface area contributed by atoms with E-state index in [4.69, 9.17) is 0 Å². The molecule has 1 N–H and O–H groups in total. The Morgan fingerprint density at radius 2 is 1.30 bits per heavy atom. The first kappa shape index (κ1) is 19.4. The van der Waals surface area contributed by atoms with E-state index in [2.05, 4.69) is 68.4 Å². The van der Waals surface area contributed by atoms with Gasteiger partial charge in [-0.15, -0.1) is 0 Å². The van der Waals surface area contributed by atoms with Gasteiger partial charge in [-0.2, -0.15) is 0 Å². The van der Waals surface area contributed by atoms with Crippen molar-refractivity contribution in [1.29, 1.82) is 0 Å². The average Bonchev–Trinajstić information content (AvgIpc) is 2.74. The molecule has 1 nitrogen and oxygen atoms in total. The average molecular weight is 359 g/mol. The molecular weight excluding hydrogens is 328 g/mol. The van der Waals surface area contributed by atoms with Gasteiger partial charge in [0.2, 0.25) is 0 Å². The minimum absolute atomic E-state index is 0.0916. The monoisotopic (exact) mass is 358 g/mol. The molecule has 140 valence electrons. The van der Waals surface area contributed by atoms with E-state index >= 15 is 0 Å². The second-order valence-corrected chi connectivity index (χ2v) is 7.23. The Morgan fingerprint density at radius 3 is 1.93 bits per heavy atom. The first-order chi connectivity index (χ1) is 13.2. The second-order valence-electron chi connectivity index (χ2n) is 7.23. The zero-order chi connectivity index (χ0) is 19.1. The van der Waals surface area contributed by atoms with E-state index in [1.807, 2.05) is 12.1 Å². The molecule has 0 bridgehead atoms. The van der Waals surface area contributed by atoms with Gasteiger partial charge in [-0.1, -0.05) is 93.4 Å².